The van der Waals surface area contributed by atoms with Crippen molar-refractivity contribution in [2.75, 3.05) is 24.6 Å². The van der Waals surface area contributed by atoms with Gasteiger partial charge in [0.25, 0.3) is 0 Å². The average molecular weight is 239 g/mol. The van der Waals surface area contributed by atoms with Gasteiger partial charge in [0.05, 0.1) is 5.69 Å². The Morgan fingerprint density at radius 2 is 1.82 bits per heavy atom. The number of para-hydroxylation sites is 1. The molecule has 17 heavy (non-hydrogen) atoms. The highest BCUT2D eigenvalue weighted by molar-refractivity contribution is 5.47. The standard InChI is InChI=1S/C14H22FNO/c1-2-16(11-7-3-4-8-12-17)14-10-6-5-9-13(14)15/h5-6,9-10,17H,2-4,7-8,11-12H2,1H3. The zero-order valence-corrected chi connectivity index (χ0v) is 10.5. The molecule has 0 aliphatic carbocycles. The SMILES string of the molecule is CCN(CCCCCCO)c1ccccc1F. The minimum Gasteiger partial charge on any atom is -0.396 e. The monoisotopic (exact) mass is 239 g/mol. The van der Waals surface area contributed by atoms with Gasteiger partial charge in [-0.2, -0.15) is 0 Å². The van der Waals surface area contributed by atoms with E-state index < -0.39 is 0 Å². The molecule has 0 unspecified atom stereocenters. The van der Waals surface area contributed by atoms with Crippen molar-refractivity contribution in [3.63, 3.8) is 0 Å². The second-order valence-corrected chi connectivity index (χ2v) is 4.17. The fourth-order valence-corrected chi connectivity index (χ4v) is 1.93. The lowest BCUT2D eigenvalue weighted by Crippen LogP contribution is -2.24. The molecule has 3 heteroatoms. The van der Waals surface area contributed by atoms with Crippen molar-refractivity contribution >= 4 is 5.69 Å². The van der Waals surface area contributed by atoms with Crippen LogP contribution in [0.25, 0.3) is 0 Å². The van der Waals surface area contributed by atoms with Gasteiger partial charge < -0.3 is 10.0 Å². The minimum atomic E-state index is -0.148. The molecule has 0 atom stereocenters. The maximum atomic E-state index is 13.6. The molecule has 0 aromatic heterocycles. The van der Waals surface area contributed by atoms with Gasteiger partial charge in [-0.25, -0.2) is 4.39 Å². The highest BCUT2D eigenvalue weighted by Gasteiger charge is 2.08. The van der Waals surface area contributed by atoms with E-state index in [9.17, 15) is 4.39 Å². The van der Waals surface area contributed by atoms with Crippen LogP contribution in [0.3, 0.4) is 0 Å². The Morgan fingerprint density at radius 3 is 2.47 bits per heavy atom. The predicted molar refractivity (Wildman–Crippen MR) is 69.8 cm³/mol. The third-order valence-electron chi connectivity index (χ3n) is 2.91. The molecule has 1 aromatic carbocycles. The van der Waals surface area contributed by atoms with Crippen molar-refractivity contribution < 1.29 is 9.50 Å². The van der Waals surface area contributed by atoms with Crippen molar-refractivity contribution in [2.24, 2.45) is 0 Å². The number of aliphatic hydroxyl groups excluding tert-OH is 1. The van der Waals surface area contributed by atoms with Crippen molar-refractivity contribution in [3.05, 3.63) is 30.1 Å². The van der Waals surface area contributed by atoms with Gasteiger partial charge in [-0.15, -0.1) is 0 Å². The zero-order chi connectivity index (χ0) is 12.5. The van der Waals surface area contributed by atoms with Crippen LogP contribution < -0.4 is 4.90 Å². The van der Waals surface area contributed by atoms with E-state index in [1.807, 2.05) is 19.1 Å². The topological polar surface area (TPSA) is 23.5 Å². The maximum absolute atomic E-state index is 13.6. The molecular weight excluding hydrogens is 217 g/mol. The summed E-state index contributed by atoms with van der Waals surface area (Å²) in [5.41, 5.74) is 0.692. The molecule has 0 heterocycles. The molecule has 0 fully saturated rings. The van der Waals surface area contributed by atoms with Gasteiger partial charge in [0.1, 0.15) is 5.82 Å². The largest absolute Gasteiger partial charge is 0.396 e. The lowest BCUT2D eigenvalue weighted by Gasteiger charge is -2.23. The molecule has 0 spiro atoms. The number of hydrogen-bond acceptors (Lipinski definition) is 2. The van der Waals surface area contributed by atoms with E-state index in [-0.39, 0.29) is 12.4 Å². The van der Waals surface area contributed by atoms with Gasteiger partial charge >= 0.3 is 0 Å². The van der Waals surface area contributed by atoms with Crippen LogP contribution in [0, 0.1) is 5.82 Å². The smallest absolute Gasteiger partial charge is 0.146 e. The summed E-state index contributed by atoms with van der Waals surface area (Å²) < 4.78 is 13.6. The zero-order valence-electron chi connectivity index (χ0n) is 10.5. The van der Waals surface area contributed by atoms with Crippen LogP contribution in [-0.2, 0) is 0 Å². The molecule has 1 rings (SSSR count). The van der Waals surface area contributed by atoms with E-state index in [1.165, 1.54) is 6.07 Å². The van der Waals surface area contributed by atoms with Gasteiger partial charge in [-0.1, -0.05) is 25.0 Å². The average Bonchev–Trinajstić information content (AvgIpc) is 2.35. The summed E-state index contributed by atoms with van der Waals surface area (Å²) in [4.78, 5) is 2.06. The van der Waals surface area contributed by atoms with E-state index in [1.54, 1.807) is 6.07 Å². The molecule has 0 bridgehead atoms. The van der Waals surface area contributed by atoms with E-state index in [0.717, 1.165) is 38.8 Å². The second-order valence-electron chi connectivity index (χ2n) is 4.17. The van der Waals surface area contributed by atoms with Crippen molar-refractivity contribution in [2.45, 2.75) is 32.6 Å². The van der Waals surface area contributed by atoms with Crippen molar-refractivity contribution in [1.29, 1.82) is 0 Å². The van der Waals surface area contributed by atoms with Crippen LogP contribution >= 0.6 is 0 Å². The molecular formula is C14H22FNO. The number of anilines is 1. The molecule has 1 aromatic rings. The fraction of sp³-hybridized carbons (Fsp3) is 0.571. The second kappa shape index (κ2) is 8.07. The third kappa shape index (κ3) is 4.73. The Balaban J connectivity index is 2.41. The molecule has 0 amide bonds. The Bertz CT molecular complexity index is 317. The molecule has 0 radical (unpaired) electrons. The number of halogens is 1. The molecule has 0 saturated carbocycles. The Hall–Kier alpha value is -1.09. The van der Waals surface area contributed by atoms with E-state index in [0.29, 0.717) is 5.69 Å². The third-order valence-corrected chi connectivity index (χ3v) is 2.91. The molecule has 1 N–H and O–H groups in total. The van der Waals surface area contributed by atoms with Gasteiger partial charge in [0.15, 0.2) is 0 Å². The highest BCUT2D eigenvalue weighted by Crippen LogP contribution is 2.19. The first-order valence-corrected chi connectivity index (χ1v) is 6.40. The van der Waals surface area contributed by atoms with E-state index >= 15 is 0 Å². The lowest BCUT2D eigenvalue weighted by atomic mass is 10.2. The van der Waals surface area contributed by atoms with E-state index in [2.05, 4.69) is 4.90 Å². The number of unbranched alkanes of at least 4 members (excludes halogenated alkanes) is 3. The van der Waals surface area contributed by atoms with Gasteiger partial charge in [-0.3, -0.25) is 0 Å². The number of rotatable bonds is 8. The van der Waals surface area contributed by atoms with Gasteiger partial charge in [-0.05, 0) is 31.9 Å². The predicted octanol–water partition coefficient (Wildman–Crippen LogP) is 3.20. The summed E-state index contributed by atoms with van der Waals surface area (Å²) in [7, 11) is 0. The van der Waals surface area contributed by atoms with Gasteiger partial charge in [0, 0.05) is 19.7 Å². The van der Waals surface area contributed by atoms with Crippen LogP contribution in [0.15, 0.2) is 24.3 Å². The van der Waals surface area contributed by atoms with Crippen LogP contribution in [-0.4, -0.2) is 24.8 Å². The molecule has 0 saturated heterocycles. The maximum Gasteiger partial charge on any atom is 0.146 e. The molecule has 96 valence electrons. The van der Waals surface area contributed by atoms with Crippen LogP contribution in [0.1, 0.15) is 32.6 Å². The first-order valence-electron chi connectivity index (χ1n) is 6.40. The Labute approximate surface area is 103 Å². The van der Waals surface area contributed by atoms with Crippen LogP contribution in [0.5, 0.6) is 0 Å². The number of aliphatic hydroxyl groups is 1. The first-order chi connectivity index (χ1) is 8.29. The lowest BCUT2D eigenvalue weighted by molar-refractivity contribution is 0.282. The molecule has 2 nitrogen and oxygen atoms in total. The number of hydrogen-bond donors (Lipinski definition) is 1. The summed E-state index contributed by atoms with van der Waals surface area (Å²) in [6, 6.07) is 6.91. The van der Waals surface area contributed by atoms with Crippen molar-refractivity contribution in [1.82, 2.24) is 0 Å². The number of nitrogens with zero attached hydrogens (tertiary/aromatic N) is 1. The summed E-state index contributed by atoms with van der Waals surface area (Å²) in [6.07, 6.45) is 4.05. The fourth-order valence-electron chi connectivity index (χ4n) is 1.93. The normalized spacial score (nSPS) is 10.5. The first kappa shape index (κ1) is 14.0. The summed E-state index contributed by atoms with van der Waals surface area (Å²) in [5, 5.41) is 8.68. The van der Waals surface area contributed by atoms with Gasteiger partial charge in [0.2, 0.25) is 0 Å². The molecule has 0 aliphatic rings. The highest BCUT2D eigenvalue weighted by atomic mass is 19.1. The summed E-state index contributed by atoms with van der Waals surface area (Å²) >= 11 is 0. The molecule has 0 aliphatic heterocycles. The summed E-state index contributed by atoms with van der Waals surface area (Å²) in [5.74, 6) is -0.148. The van der Waals surface area contributed by atoms with Crippen LogP contribution in [0.2, 0.25) is 0 Å². The quantitative estimate of drug-likeness (QED) is 0.704. The minimum absolute atomic E-state index is 0.148. The Kier molecular flexibility index (Phi) is 6.63. The Morgan fingerprint density at radius 1 is 1.12 bits per heavy atom. The number of benzene rings is 1. The van der Waals surface area contributed by atoms with E-state index in [4.69, 9.17) is 5.11 Å². The van der Waals surface area contributed by atoms with Crippen molar-refractivity contribution in [3.8, 4) is 0 Å². The summed E-state index contributed by atoms with van der Waals surface area (Å²) in [6.45, 7) is 4.01. The van der Waals surface area contributed by atoms with Crippen LogP contribution in [0.4, 0.5) is 10.1 Å².